The largest absolute Gasteiger partial charge is 0.496 e. The molecule has 0 saturated heterocycles. The monoisotopic (exact) mass is 450 g/mol. The Morgan fingerprint density at radius 2 is 1.72 bits per heavy atom. The van der Waals surface area contributed by atoms with E-state index in [1.54, 1.807) is 79.8 Å². The molecule has 0 radical (unpaired) electrons. The number of benzene rings is 2. The second kappa shape index (κ2) is 8.67. The Hall–Kier alpha value is -3.92. The fourth-order valence-corrected chi connectivity index (χ4v) is 4.57. The highest BCUT2D eigenvalue weighted by Gasteiger charge is 2.19. The van der Waals surface area contributed by atoms with E-state index < -0.39 is 10.0 Å². The Labute approximate surface area is 186 Å². The third-order valence-electron chi connectivity index (χ3n) is 5.03. The number of methoxy groups -OCH3 is 1. The van der Waals surface area contributed by atoms with Crippen LogP contribution in [-0.2, 0) is 10.0 Å². The number of nitrogens with zero attached hydrogens (tertiary/aromatic N) is 4. The highest BCUT2D eigenvalue weighted by molar-refractivity contribution is 7.92. The fourth-order valence-electron chi connectivity index (χ4n) is 3.21. The maximum absolute atomic E-state index is 12.9. The molecule has 0 atom stereocenters. The SMILES string of the molecule is COc1ccc(S(=O)(=O)Nc2ccc(Nc3cc(-n4ccnc4)ncn3)cc2)c(C)c1C. The minimum atomic E-state index is -3.75. The third kappa shape index (κ3) is 4.40. The van der Waals surface area contributed by atoms with Crippen LogP contribution < -0.4 is 14.8 Å². The first-order chi connectivity index (χ1) is 15.4. The molecule has 0 aliphatic rings. The zero-order valence-electron chi connectivity index (χ0n) is 17.8. The van der Waals surface area contributed by atoms with E-state index in [1.165, 1.54) is 6.33 Å². The molecule has 2 N–H and O–H groups in total. The van der Waals surface area contributed by atoms with Crippen LogP contribution in [0.1, 0.15) is 11.1 Å². The standard InChI is InChI=1S/C22H22N6O3S/c1-15-16(2)20(9-8-19(15)31-3)32(29,30)27-18-6-4-17(5-7-18)26-21-12-22(25-13-24-21)28-11-10-23-14-28/h4-14,27H,1-3H3,(H,24,25,26). The van der Waals surface area contributed by atoms with E-state index in [0.717, 1.165) is 11.3 Å². The van der Waals surface area contributed by atoms with Crippen LogP contribution in [0.15, 0.2) is 72.4 Å². The molecule has 10 heteroatoms. The molecule has 32 heavy (non-hydrogen) atoms. The van der Waals surface area contributed by atoms with Crippen molar-refractivity contribution >= 4 is 27.2 Å². The molecule has 164 valence electrons. The molecule has 0 fully saturated rings. The van der Waals surface area contributed by atoms with Crippen LogP contribution in [0.25, 0.3) is 5.82 Å². The van der Waals surface area contributed by atoms with Crippen LogP contribution >= 0.6 is 0 Å². The van der Waals surface area contributed by atoms with E-state index in [-0.39, 0.29) is 4.90 Å². The summed E-state index contributed by atoms with van der Waals surface area (Å²) in [6, 6.07) is 11.9. The lowest BCUT2D eigenvalue weighted by molar-refractivity contribution is 0.411. The molecule has 4 rings (SSSR count). The van der Waals surface area contributed by atoms with Crippen molar-refractivity contribution in [3.8, 4) is 11.6 Å². The van der Waals surface area contributed by atoms with Crippen LogP contribution in [0, 0.1) is 13.8 Å². The van der Waals surface area contributed by atoms with Gasteiger partial charge in [-0.25, -0.2) is 23.4 Å². The minimum absolute atomic E-state index is 0.214. The Morgan fingerprint density at radius 1 is 0.969 bits per heavy atom. The fraction of sp³-hybridized carbons (Fsp3) is 0.136. The van der Waals surface area contributed by atoms with E-state index >= 15 is 0 Å². The number of anilines is 3. The van der Waals surface area contributed by atoms with Crippen molar-refractivity contribution in [3.63, 3.8) is 0 Å². The molecule has 2 aromatic carbocycles. The Morgan fingerprint density at radius 3 is 2.41 bits per heavy atom. The Kier molecular flexibility index (Phi) is 5.78. The van der Waals surface area contributed by atoms with Crippen molar-refractivity contribution < 1.29 is 13.2 Å². The van der Waals surface area contributed by atoms with E-state index in [1.807, 2.05) is 6.92 Å². The van der Waals surface area contributed by atoms with Crippen LogP contribution in [0.5, 0.6) is 5.75 Å². The van der Waals surface area contributed by atoms with Crippen LogP contribution in [0.4, 0.5) is 17.2 Å². The number of ether oxygens (including phenoxy) is 1. The van der Waals surface area contributed by atoms with Crippen LogP contribution in [0.2, 0.25) is 0 Å². The number of nitrogens with one attached hydrogen (secondary N) is 2. The zero-order chi connectivity index (χ0) is 22.7. The molecule has 0 saturated carbocycles. The summed E-state index contributed by atoms with van der Waals surface area (Å²) in [5.74, 6) is 1.92. The number of imidazole rings is 1. The second-order valence-electron chi connectivity index (χ2n) is 7.06. The number of hydrogen-bond acceptors (Lipinski definition) is 7. The van der Waals surface area contributed by atoms with Gasteiger partial charge in [-0.05, 0) is 61.4 Å². The van der Waals surface area contributed by atoms with Crippen molar-refractivity contribution in [1.29, 1.82) is 0 Å². The first-order valence-corrected chi connectivity index (χ1v) is 11.2. The summed E-state index contributed by atoms with van der Waals surface area (Å²) in [5, 5.41) is 3.18. The summed E-state index contributed by atoms with van der Waals surface area (Å²) in [6.07, 6.45) is 6.57. The second-order valence-corrected chi connectivity index (χ2v) is 8.71. The first kappa shape index (κ1) is 21.3. The number of rotatable bonds is 7. The maximum Gasteiger partial charge on any atom is 0.262 e. The number of aromatic nitrogens is 4. The van der Waals surface area contributed by atoms with Gasteiger partial charge in [0.2, 0.25) is 0 Å². The molecule has 0 amide bonds. The maximum atomic E-state index is 12.9. The van der Waals surface area contributed by atoms with Gasteiger partial charge in [-0.1, -0.05) is 0 Å². The zero-order valence-corrected chi connectivity index (χ0v) is 18.6. The van der Waals surface area contributed by atoms with E-state index in [0.29, 0.717) is 28.6 Å². The Balaban J connectivity index is 1.50. The molecule has 2 heterocycles. The Bertz CT molecular complexity index is 1340. The molecule has 2 aromatic heterocycles. The van der Waals surface area contributed by atoms with E-state index in [4.69, 9.17) is 4.74 Å². The molecule has 4 aromatic rings. The summed E-state index contributed by atoms with van der Waals surface area (Å²) in [6.45, 7) is 3.60. The average Bonchev–Trinajstić information content (AvgIpc) is 3.32. The van der Waals surface area contributed by atoms with Crippen molar-refractivity contribution in [2.45, 2.75) is 18.7 Å². The normalized spacial score (nSPS) is 11.2. The topological polar surface area (TPSA) is 111 Å². The van der Waals surface area contributed by atoms with Gasteiger partial charge in [0.05, 0.1) is 12.0 Å². The van der Waals surface area contributed by atoms with Gasteiger partial charge in [0, 0.05) is 29.8 Å². The minimum Gasteiger partial charge on any atom is -0.496 e. The lowest BCUT2D eigenvalue weighted by Crippen LogP contribution is -2.15. The van der Waals surface area contributed by atoms with E-state index in [2.05, 4.69) is 25.0 Å². The molecular weight excluding hydrogens is 428 g/mol. The van der Waals surface area contributed by atoms with Gasteiger partial charge >= 0.3 is 0 Å². The molecule has 0 aliphatic heterocycles. The van der Waals surface area contributed by atoms with Gasteiger partial charge in [-0.3, -0.25) is 9.29 Å². The van der Waals surface area contributed by atoms with Crippen molar-refractivity contribution in [3.05, 3.63) is 78.6 Å². The summed E-state index contributed by atoms with van der Waals surface area (Å²) in [7, 11) is -2.19. The predicted molar refractivity (Wildman–Crippen MR) is 122 cm³/mol. The van der Waals surface area contributed by atoms with Gasteiger partial charge in [-0.15, -0.1) is 0 Å². The first-order valence-electron chi connectivity index (χ1n) is 9.72. The third-order valence-corrected chi connectivity index (χ3v) is 6.55. The van der Waals surface area contributed by atoms with E-state index in [9.17, 15) is 8.42 Å². The lowest BCUT2D eigenvalue weighted by atomic mass is 10.1. The van der Waals surface area contributed by atoms with Gasteiger partial charge in [0.15, 0.2) is 0 Å². The van der Waals surface area contributed by atoms with Crippen molar-refractivity contribution in [2.75, 3.05) is 17.1 Å². The smallest absolute Gasteiger partial charge is 0.262 e. The van der Waals surface area contributed by atoms with Gasteiger partial charge < -0.3 is 10.1 Å². The van der Waals surface area contributed by atoms with Crippen LogP contribution in [-0.4, -0.2) is 35.0 Å². The molecule has 0 unspecified atom stereocenters. The molecule has 0 bridgehead atoms. The molecule has 0 spiro atoms. The predicted octanol–water partition coefficient (Wildman–Crippen LogP) is 3.83. The van der Waals surface area contributed by atoms with Gasteiger partial charge in [-0.2, -0.15) is 0 Å². The summed E-state index contributed by atoms with van der Waals surface area (Å²) >= 11 is 0. The summed E-state index contributed by atoms with van der Waals surface area (Å²) in [5.41, 5.74) is 2.63. The van der Waals surface area contributed by atoms with Crippen molar-refractivity contribution in [2.24, 2.45) is 0 Å². The summed E-state index contributed by atoms with van der Waals surface area (Å²) < 4.78 is 35.5. The molecule has 0 aliphatic carbocycles. The summed E-state index contributed by atoms with van der Waals surface area (Å²) in [4.78, 5) is 12.7. The van der Waals surface area contributed by atoms with Gasteiger partial charge in [0.25, 0.3) is 10.0 Å². The average molecular weight is 451 g/mol. The van der Waals surface area contributed by atoms with Crippen LogP contribution in [0.3, 0.4) is 0 Å². The number of hydrogen-bond donors (Lipinski definition) is 2. The number of sulfonamides is 1. The van der Waals surface area contributed by atoms with Gasteiger partial charge in [0.1, 0.15) is 30.0 Å². The quantitative estimate of drug-likeness (QED) is 0.440. The highest BCUT2D eigenvalue weighted by Crippen LogP contribution is 2.28. The molecule has 9 nitrogen and oxygen atoms in total. The van der Waals surface area contributed by atoms with Crippen molar-refractivity contribution in [1.82, 2.24) is 19.5 Å². The lowest BCUT2D eigenvalue weighted by Gasteiger charge is -2.14. The highest BCUT2D eigenvalue weighted by atomic mass is 32.2. The molecular formula is C22H22N6O3S.